The Kier molecular flexibility index (Phi) is 4.63. The van der Waals surface area contributed by atoms with Crippen molar-refractivity contribution in [2.45, 2.75) is 19.3 Å². The molecular weight excluding hydrogens is 240 g/mol. The number of rotatable bonds is 4. The minimum atomic E-state index is 0. The number of hydrogen-bond donors (Lipinski definition) is 2. The normalized spacial score (nSPS) is 13.7. The Bertz CT molecular complexity index is 405. The van der Waals surface area contributed by atoms with E-state index in [9.17, 15) is 4.79 Å². The van der Waals surface area contributed by atoms with Gasteiger partial charge in [0.25, 0.3) is 0 Å². The van der Waals surface area contributed by atoms with Crippen LogP contribution in [0, 0.1) is 5.92 Å². The standard InChI is InChI=1S/C12H16N2O2.ClH/c1-16-11-5-4-9(7-10(11)13)14-12(15)6-8-2-3-8;/h4-5,7-8H,2-3,6,13H2,1H3,(H,14,15);1H. The third kappa shape index (κ3) is 3.82. The molecule has 5 heteroatoms. The summed E-state index contributed by atoms with van der Waals surface area (Å²) in [6.45, 7) is 0. The summed E-state index contributed by atoms with van der Waals surface area (Å²) in [5.41, 5.74) is 7.00. The fourth-order valence-corrected chi connectivity index (χ4v) is 1.61. The van der Waals surface area contributed by atoms with Crippen molar-refractivity contribution in [2.24, 2.45) is 5.92 Å². The largest absolute Gasteiger partial charge is 0.495 e. The van der Waals surface area contributed by atoms with E-state index in [0.29, 0.717) is 23.8 Å². The highest BCUT2D eigenvalue weighted by molar-refractivity contribution is 5.91. The van der Waals surface area contributed by atoms with Gasteiger partial charge in [-0.05, 0) is 37.0 Å². The molecule has 0 aliphatic heterocycles. The first-order chi connectivity index (χ1) is 7.69. The molecular formula is C12H17ClN2O2. The maximum absolute atomic E-state index is 11.5. The number of benzene rings is 1. The van der Waals surface area contributed by atoms with E-state index < -0.39 is 0 Å². The average molecular weight is 257 g/mol. The monoisotopic (exact) mass is 256 g/mol. The van der Waals surface area contributed by atoms with E-state index in [1.54, 1.807) is 25.3 Å². The Morgan fingerprint density at radius 1 is 1.53 bits per heavy atom. The topological polar surface area (TPSA) is 64.3 Å². The number of carbonyl (C=O) groups is 1. The number of methoxy groups -OCH3 is 1. The molecule has 1 aromatic carbocycles. The molecule has 17 heavy (non-hydrogen) atoms. The molecule has 1 aromatic rings. The van der Waals surface area contributed by atoms with Crippen molar-refractivity contribution in [3.8, 4) is 5.75 Å². The number of halogens is 1. The fourth-order valence-electron chi connectivity index (χ4n) is 1.61. The summed E-state index contributed by atoms with van der Waals surface area (Å²) in [6, 6.07) is 5.26. The van der Waals surface area contributed by atoms with Crippen LogP contribution < -0.4 is 15.8 Å². The van der Waals surface area contributed by atoms with Crippen LogP contribution >= 0.6 is 12.4 Å². The number of carbonyl (C=O) groups excluding carboxylic acids is 1. The summed E-state index contributed by atoms with van der Waals surface area (Å²) in [5.74, 6) is 1.28. The quantitative estimate of drug-likeness (QED) is 0.814. The van der Waals surface area contributed by atoms with Crippen LogP contribution in [0.1, 0.15) is 19.3 Å². The molecule has 94 valence electrons. The second kappa shape index (κ2) is 5.77. The van der Waals surface area contributed by atoms with Crippen molar-refractivity contribution in [2.75, 3.05) is 18.2 Å². The zero-order valence-corrected chi connectivity index (χ0v) is 10.5. The lowest BCUT2D eigenvalue weighted by Crippen LogP contribution is -2.12. The van der Waals surface area contributed by atoms with E-state index in [1.165, 1.54) is 12.8 Å². The van der Waals surface area contributed by atoms with Gasteiger partial charge < -0.3 is 15.8 Å². The van der Waals surface area contributed by atoms with Crippen molar-refractivity contribution in [3.63, 3.8) is 0 Å². The highest BCUT2D eigenvalue weighted by atomic mass is 35.5. The first kappa shape index (κ1) is 13.6. The van der Waals surface area contributed by atoms with Gasteiger partial charge in [-0.25, -0.2) is 0 Å². The van der Waals surface area contributed by atoms with Crippen LogP contribution in [0.4, 0.5) is 11.4 Å². The molecule has 0 heterocycles. The van der Waals surface area contributed by atoms with Crippen LogP contribution in [0.2, 0.25) is 0 Å². The van der Waals surface area contributed by atoms with E-state index in [4.69, 9.17) is 10.5 Å². The summed E-state index contributed by atoms with van der Waals surface area (Å²) in [4.78, 5) is 11.5. The molecule has 2 rings (SSSR count). The average Bonchev–Trinajstić information content (AvgIpc) is 3.01. The smallest absolute Gasteiger partial charge is 0.224 e. The number of anilines is 2. The van der Waals surface area contributed by atoms with Crippen molar-refractivity contribution in [1.82, 2.24) is 0 Å². The zero-order valence-electron chi connectivity index (χ0n) is 9.73. The van der Waals surface area contributed by atoms with Gasteiger partial charge in [0.05, 0.1) is 12.8 Å². The Labute approximate surface area is 107 Å². The van der Waals surface area contributed by atoms with Gasteiger partial charge in [0.2, 0.25) is 5.91 Å². The zero-order chi connectivity index (χ0) is 11.5. The molecule has 0 spiro atoms. The first-order valence-electron chi connectivity index (χ1n) is 5.42. The minimum Gasteiger partial charge on any atom is -0.495 e. The van der Waals surface area contributed by atoms with Crippen LogP contribution in [0.25, 0.3) is 0 Å². The third-order valence-electron chi connectivity index (χ3n) is 2.68. The molecule has 1 aliphatic carbocycles. The predicted molar refractivity (Wildman–Crippen MR) is 70.6 cm³/mol. The lowest BCUT2D eigenvalue weighted by atomic mass is 10.2. The molecule has 0 bridgehead atoms. The molecule has 1 amide bonds. The van der Waals surface area contributed by atoms with E-state index >= 15 is 0 Å². The molecule has 1 aliphatic rings. The summed E-state index contributed by atoms with van der Waals surface area (Å²) in [7, 11) is 1.57. The number of nitrogens with two attached hydrogens (primary N) is 1. The number of ether oxygens (including phenoxy) is 1. The molecule has 1 saturated carbocycles. The highest BCUT2D eigenvalue weighted by Gasteiger charge is 2.24. The van der Waals surface area contributed by atoms with Gasteiger partial charge in [-0.15, -0.1) is 12.4 Å². The SMILES string of the molecule is COc1ccc(NC(=O)CC2CC2)cc1N.Cl. The molecule has 0 atom stereocenters. The van der Waals surface area contributed by atoms with Crippen LogP contribution in [-0.4, -0.2) is 13.0 Å². The van der Waals surface area contributed by atoms with Gasteiger partial charge in [0.1, 0.15) is 5.75 Å². The summed E-state index contributed by atoms with van der Waals surface area (Å²) in [5, 5.41) is 2.83. The van der Waals surface area contributed by atoms with Crippen molar-refractivity contribution in [1.29, 1.82) is 0 Å². The Hall–Kier alpha value is -1.42. The Morgan fingerprint density at radius 2 is 2.24 bits per heavy atom. The number of nitrogen functional groups attached to an aromatic ring is 1. The molecule has 1 fully saturated rings. The third-order valence-corrected chi connectivity index (χ3v) is 2.68. The summed E-state index contributed by atoms with van der Waals surface area (Å²) in [6.07, 6.45) is 2.97. The first-order valence-corrected chi connectivity index (χ1v) is 5.42. The Balaban J connectivity index is 0.00000144. The van der Waals surface area contributed by atoms with Crippen molar-refractivity contribution >= 4 is 29.7 Å². The van der Waals surface area contributed by atoms with Gasteiger partial charge in [-0.1, -0.05) is 0 Å². The Morgan fingerprint density at radius 3 is 2.76 bits per heavy atom. The lowest BCUT2D eigenvalue weighted by molar-refractivity contribution is -0.116. The van der Waals surface area contributed by atoms with Crippen LogP contribution in [0.5, 0.6) is 5.75 Å². The van der Waals surface area contributed by atoms with Crippen LogP contribution in [0.3, 0.4) is 0 Å². The van der Waals surface area contributed by atoms with Gasteiger partial charge in [-0.3, -0.25) is 4.79 Å². The molecule has 4 nitrogen and oxygen atoms in total. The number of nitrogens with one attached hydrogen (secondary N) is 1. The maximum atomic E-state index is 11.5. The van der Waals surface area contributed by atoms with E-state index in [-0.39, 0.29) is 18.3 Å². The predicted octanol–water partition coefficient (Wildman–Crippen LogP) is 2.44. The van der Waals surface area contributed by atoms with Crippen molar-refractivity contribution in [3.05, 3.63) is 18.2 Å². The van der Waals surface area contributed by atoms with Crippen LogP contribution in [-0.2, 0) is 4.79 Å². The molecule has 0 saturated heterocycles. The second-order valence-corrected chi connectivity index (χ2v) is 4.15. The second-order valence-electron chi connectivity index (χ2n) is 4.15. The van der Waals surface area contributed by atoms with E-state index in [2.05, 4.69) is 5.32 Å². The van der Waals surface area contributed by atoms with Crippen molar-refractivity contribution < 1.29 is 9.53 Å². The van der Waals surface area contributed by atoms with E-state index in [0.717, 1.165) is 5.69 Å². The fraction of sp³-hybridized carbons (Fsp3) is 0.417. The molecule has 0 unspecified atom stereocenters. The van der Waals surface area contributed by atoms with Gasteiger partial charge in [0.15, 0.2) is 0 Å². The lowest BCUT2D eigenvalue weighted by Gasteiger charge is -2.08. The highest BCUT2D eigenvalue weighted by Crippen LogP contribution is 2.32. The van der Waals surface area contributed by atoms with Gasteiger partial charge in [0, 0.05) is 12.1 Å². The van der Waals surface area contributed by atoms with E-state index in [1.807, 2.05) is 0 Å². The number of amides is 1. The van der Waals surface area contributed by atoms with Gasteiger partial charge >= 0.3 is 0 Å². The maximum Gasteiger partial charge on any atom is 0.224 e. The summed E-state index contributed by atoms with van der Waals surface area (Å²) < 4.78 is 5.04. The molecule has 0 aromatic heterocycles. The molecule has 3 N–H and O–H groups in total. The minimum absolute atomic E-state index is 0. The van der Waals surface area contributed by atoms with Crippen LogP contribution in [0.15, 0.2) is 18.2 Å². The summed E-state index contributed by atoms with van der Waals surface area (Å²) >= 11 is 0. The number of hydrogen-bond acceptors (Lipinski definition) is 3. The van der Waals surface area contributed by atoms with Gasteiger partial charge in [-0.2, -0.15) is 0 Å². The molecule has 0 radical (unpaired) electrons.